The third-order valence-corrected chi connectivity index (χ3v) is 12.2. The molecule has 0 heterocycles. The first kappa shape index (κ1) is 44.4. The Balaban J connectivity index is 1.86. The lowest BCUT2D eigenvalue weighted by Gasteiger charge is -2.19. The van der Waals surface area contributed by atoms with Crippen LogP contribution in [0.2, 0.25) is 0 Å². The summed E-state index contributed by atoms with van der Waals surface area (Å²) in [6, 6.07) is 13.7. The van der Waals surface area contributed by atoms with Crippen molar-refractivity contribution in [3.05, 3.63) is 59.7 Å². The van der Waals surface area contributed by atoms with Crippen molar-refractivity contribution in [2.75, 3.05) is 0 Å². The van der Waals surface area contributed by atoms with E-state index in [1.165, 1.54) is 140 Å². The summed E-state index contributed by atoms with van der Waals surface area (Å²) in [4.78, 5) is -0.0969. The van der Waals surface area contributed by atoms with E-state index in [1.807, 2.05) is 24.3 Å². The Morgan fingerprint density at radius 1 is 0.380 bits per heavy atom. The highest BCUT2D eigenvalue weighted by atomic mass is 32.2. The Morgan fingerprint density at radius 2 is 0.600 bits per heavy atom. The molecule has 2 aromatic carbocycles. The van der Waals surface area contributed by atoms with Crippen molar-refractivity contribution in [2.24, 2.45) is 0 Å². The van der Waals surface area contributed by atoms with Crippen LogP contribution in [0.1, 0.15) is 204 Å². The Labute approximate surface area is 307 Å². The summed E-state index contributed by atoms with van der Waals surface area (Å²) >= 11 is 0. The van der Waals surface area contributed by atoms with Gasteiger partial charge in [0.15, 0.2) is 0 Å². The van der Waals surface area contributed by atoms with Crippen LogP contribution < -0.4 is 0 Å². The Morgan fingerprint density at radius 3 is 0.820 bits per heavy atom. The number of unbranched alkanes of at least 4 members (excludes halogenated alkanes) is 19. The Hall–Kier alpha value is -1.74. The van der Waals surface area contributed by atoms with E-state index < -0.39 is 20.2 Å². The molecule has 2 N–H and O–H groups in total. The van der Waals surface area contributed by atoms with Crippen LogP contribution in [-0.4, -0.2) is 25.9 Å². The van der Waals surface area contributed by atoms with Gasteiger partial charge in [-0.1, -0.05) is 179 Å². The first-order chi connectivity index (χ1) is 24.1. The molecule has 0 bridgehead atoms. The van der Waals surface area contributed by atoms with Gasteiger partial charge in [-0.2, -0.15) is 16.8 Å². The van der Waals surface area contributed by atoms with Crippen molar-refractivity contribution in [3.63, 3.8) is 0 Å². The van der Waals surface area contributed by atoms with Gasteiger partial charge in [0.1, 0.15) is 0 Å². The second-order valence-electron chi connectivity index (χ2n) is 14.7. The van der Waals surface area contributed by atoms with Crippen molar-refractivity contribution in [1.82, 2.24) is 0 Å². The largest absolute Gasteiger partial charge is 0.294 e. The van der Waals surface area contributed by atoms with E-state index in [0.29, 0.717) is 11.8 Å². The molecule has 0 radical (unpaired) electrons. The van der Waals surface area contributed by atoms with Crippen molar-refractivity contribution < 1.29 is 25.9 Å². The van der Waals surface area contributed by atoms with Crippen molar-refractivity contribution >= 4 is 20.2 Å². The molecule has 0 fully saturated rings. The molecule has 50 heavy (non-hydrogen) atoms. The zero-order valence-corrected chi connectivity index (χ0v) is 33.1. The average molecular weight is 735 g/mol. The second-order valence-corrected chi connectivity index (χ2v) is 17.6. The SMILES string of the molecule is CCCCCCCCCCCC(CCCCCCC(CCCCCCCCCCC)c1ccc(S(=O)(=O)O)cc1)c1ccc(S(=O)(=O)O)cc1. The molecule has 0 saturated heterocycles. The van der Waals surface area contributed by atoms with Crippen LogP contribution in [0.3, 0.4) is 0 Å². The monoisotopic (exact) mass is 734 g/mol. The Kier molecular flexibility index (Phi) is 23.2. The van der Waals surface area contributed by atoms with Crippen molar-refractivity contribution in [2.45, 2.75) is 202 Å². The first-order valence-corrected chi connectivity index (χ1v) is 23.1. The van der Waals surface area contributed by atoms with Crippen LogP contribution in [0.25, 0.3) is 0 Å². The molecule has 2 unspecified atom stereocenters. The molecule has 2 aromatic rings. The van der Waals surface area contributed by atoms with Crippen LogP contribution in [0.15, 0.2) is 58.3 Å². The lowest BCUT2D eigenvalue weighted by molar-refractivity contribution is 0.465. The third-order valence-electron chi connectivity index (χ3n) is 10.5. The average Bonchev–Trinajstić information content (AvgIpc) is 3.09. The predicted molar refractivity (Wildman–Crippen MR) is 209 cm³/mol. The van der Waals surface area contributed by atoms with Gasteiger partial charge >= 0.3 is 0 Å². The highest BCUT2D eigenvalue weighted by Gasteiger charge is 2.16. The molecule has 0 spiro atoms. The standard InChI is InChI=1S/C42H70O6S2/c1-3-5-7-9-11-13-15-17-21-25-37(39-29-33-41(34-30-39)49(43,44)45)27-23-19-20-24-28-38(26-22-18-16-14-12-10-8-6-4-2)40-31-35-42(36-32-40)50(46,47)48/h29-38H,3-28H2,1-2H3,(H,43,44,45)(H,46,47,48). The molecule has 8 heteroatoms. The van der Waals surface area contributed by atoms with Gasteiger partial charge in [-0.15, -0.1) is 0 Å². The molecule has 0 saturated carbocycles. The van der Waals surface area contributed by atoms with E-state index >= 15 is 0 Å². The lowest BCUT2D eigenvalue weighted by atomic mass is 9.86. The third kappa shape index (κ3) is 19.8. The van der Waals surface area contributed by atoms with E-state index in [2.05, 4.69) is 13.8 Å². The lowest BCUT2D eigenvalue weighted by Crippen LogP contribution is -2.03. The fraction of sp³-hybridized carbons (Fsp3) is 0.714. The van der Waals surface area contributed by atoms with Gasteiger partial charge in [0.2, 0.25) is 0 Å². The van der Waals surface area contributed by atoms with Gasteiger partial charge < -0.3 is 0 Å². The topological polar surface area (TPSA) is 109 Å². The summed E-state index contributed by atoms with van der Waals surface area (Å²) < 4.78 is 65.3. The smallest absolute Gasteiger partial charge is 0.282 e. The molecule has 0 aromatic heterocycles. The van der Waals surface area contributed by atoms with E-state index in [0.717, 1.165) is 62.5 Å². The molecule has 6 nitrogen and oxygen atoms in total. The van der Waals surface area contributed by atoms with Crippen molar-refractivity contribution in [3.8, 4) is 0 Å². The maximum atomic E-state index is 11.6. The second kappa shape index (κ2) is 26.1. The zero-order chi connectivity index (χ0) is 36.5. The van der Waals surface area contributed by atoms with Gasteiger partial charge in [-0.05, 0) is 72.9 Å². The molecule has 0 aliphatic heterocycles. The fourth-order valence-electron chi connectivity index (χ4n) is 7.32. The normalized spacial score (nSPS) is 13.4. The molecule has 0 aliphatic rings. The van der Waals surface area contributed by atoms with E-state index in [4.69, 9.17) is 0 Å². The number of hydrogen-bond acceptors (Lipinski definition) is 4. The summed E-state index contributed by atoms with van der Waals surface area (Å²) in [6.07, 6.45) is 32.1. The minimum Gasteiger partial charge on any atom is -0.282 e. The molecule has 2 rings (SSSR count). The van der Waals surface area contributed by atoms with Gasteiger partial charge in [0.05, 0.1) is 9.79 Å². The van der Waals surface area contributed by atoms with E-state index in [-0.39, 0.29) is 9.79 Å². The molecule has 0 amide bonds. The highest BCUT2D eigenvalue weighted by molar-refractivity contribution is 7.86. The van der Waals surface area contributed by atoms with E-state index in [9.17, 15) is 25.9 Å². The molecule has 286 valence electrons. The summed E-state index contributed by atoms with van der Waals surface area (Å²) in [7, 11) is -8.39. The first-order valence-electron chi connectivity index (χ1n) is 20.2. The van der Waals surface area contributed by atoms with Crippen LogP contribution in [0, 0.1) is 0 Å². The van der Waals surface area contributed by atoms with Crippen LogP contribution in [0.4, 0.5) is 0 Å². The minimum absolute atomic E-state index is 0.0485. The van der Waals surface area contributed by atoms with Gasteiger partial charge in [-0.3, -0.25) is 9.11 Å². The van der Waals surface area contributed by atoms with Gasteiger partial charge in [0.25, 0.3) is 20.2 Å². The Bertz CT molecular complexity index is 1230. The molecule has 2 atom stereocenters. The predicted octanol–water partition coefficient (Wildman–Crippen LogP) is 13.2. The van der Waals surface area contributed by atoms with Crippen LogP contribution >= 0.6 is 0 Å². The van der Waals surface area contributed by atoms with E-state index in [1.54, 1.807) is 0 Å². The molecular weight excluding hydrogens is 665 g/mol. The summed E-state index contributed by atoms with van der Waals surface area (Å²) in [6.45, 7) is 4.50. The van der Waals surface area contributed by atoms with Gasteiger partial charge in [-0.25, -0.2) is 0 Å². The summed E-state index contributed by atoms with van der Waals surface area (Å²) in [5.41, 5.74) is 2.32. The zero-order valence-electron chi connectivity index (χ0n) is 31.5. The fourth-order valence-corrected chi connectivity index (χ4v) is 8.28. The summed E-state index contributed by atoms with van der Waals surface area (Å²) in [5.74, 6) is 0.770. The number of benzene rings is 2. The maximum absolute atomic E-state index is 11.6. The summed E-state index contributed by atoms with van der Waals surface area (Å²) in [5, 5.41) is 0. The quantitative estimate of drug-likeness (QED) is 0.0589. The van der Waals surface area contributed by atoms with Gasteiger partial charge in [0, 0.05) is 0 Å². The van der Waals surface area contributed by atoms with Crippen LogP contribution in [-0.2, 0) is 20.2 Å². The highest BCUT2D eigenvalue weighted by Crippen LogP contribution is 2.32. The molecular formula is C42H70O6S2. The molecule has 0 aliphatic carbocycles. The number of hydrogen-bond donors (Lipinski definition) is 2. The maximum Gasteiger partial charge on any atom is 0.294 e. The number of rotatable bonds is 31. The minimum atomic E-state index is -4.20. The van der Waals surface area contributed by atoms with Crippen LogP contribution in [0.5, 0.6) is 0 Å². The van der Waals surface area contributed by atoms with Crippen molar-refractivity contribution in [1.29, 1.82) is 0 Å².